The predicted octanol–water partition coefficient (Wildman–Crippen LogP) is 2.23. The number of hydrogen-bond donors (Lipinski definition) is 1. The molecule has 0 fully saturated rings. The maximum atomic E-state index is 12.0. The van der Waals surface area contributed by atoms with E-state index in [1.165, 1.54) is 22.8 Å². The van der Waals surface area contributed by atoms with Crippen LogP contribution in [0.2, 0.25) is 0 Å². The number of nitro groups is 1. The van der Waals surface area contributed by atoms with Gasteiger partial charge in [-0.1, -0.05) is 6.07 Å². The lowest BCUT2D eigenvalue weighted by Crippen LogP contribution is -2.20. The number of benzene rings is 1. The number of oxazole rings is 1. The predicted molar refractivity (Wildman–Crippen MR) is 89.3 cm³/mol. The molecular weight excluding hydrogens is 328 g/mol. The van der Waals surface area contributed by atoms with Gasteiger partial charge in [-0.05, 0) is 25.1 Å². The summed E-state index contributed by atoms with van der Waals surface area (Å²) in [6.07, 6.45) is 0.0289. The van der Waals surface area contributed by atoms with Crippen LogP contribution in [0, 0.1) is 17.0 Å². The number of nitro benzene ring substituents is 1. The van der Waals surface area contributed by atoms with Gasteiger partial charge < -0.3 is 9.73 Å². The van der Waals surface area contributed by atoms with E-state index < -0.39 is 10.7 Å². The molecule has 1 aromatic carbocycles. The van der Waals surface area contributed by atoms with Gasteiger partial charge in [0, 0.05) is 24.7 Å². The minimum absolute atomic E-state index is 0.0289. The molecule has 128 valence electrons. The molecule has 0 aliphatic rings. The molecule has 0 atom stereocenters. The fourth-order valence-corrected chi connectivity index (χ4v) is 2.41. The molecule has 3 rings (SSSR count). The molecule has 0 spiro atoms. The third kappa shape index (κ3) is 3.55. The van der Waals surface area contributed by atoms with Gasteiger partial charge in [-0.25, -0.2) is 9.78 Å². The number of pyridine rings is 1. The van der Waals surface area contributed by atoms with E-state index >= 15 is 0 Å². The van der Waals surface area contributed by atoms with Crippen LogP contribution in [0.4, 0.5) is 11.5 Å². The molecule has 0 saturated carbocycles. The zero-order valence-corrected chi connectivity index (χ0v) is 13.3. The number of aryl methyl sites for hydroxylation is 2. The minimum atomic E-state index is -0.669. The van der Waals surface area contributed by atoms with Crippen LogP contribution in [-0.2, 0) is 11.3 Å². The Bertz CT molecular complexity index is 1020. The molecule has 0 saturated heterocycles. The Morgan fingerprint density at radius 1 is 1.36 bits per heavy atom. The number of aromatic nitrogens is 2. The van der Waals surface area contributed by atoms with Gasteiger partial charge in [-0.2, -0.15) is 0 Å². The summed E-state index contributed by atoms with van der Waals surface area (Å²) in [6.45, 7) is 1.90. The van der Waals surface area contributed by atoms with E-state index in [1.54, 1.807) is 12.1 Å². The first-order chi connectivity index (χ1) is 11.9. The number of fused-ring (bicyclic) bond motifs is 1. The molecule has 1 N–H and O–H groups in total. The van der Waals surface area contributed by atoms with E-state index in [0.717, 1.165) is 5.69 Å². The van der Waals surface area contributed by atoms with Gasteiger partial charge in [-0.15, -0.1) is 0 Å². The normalized spacial score (nSPS) is 10.8. The van der Waals surface area contributed by atoms with Gasteiger partial charge in [0.1, 0.15) is 5.82 Å². The van der Waals surface area contributed by atoms with Crippen LogP contribution in [0.15, 0.2) is 45.6 Å². The second kappa shape index (κ2) is 6.56. The molecule has 3 aromatic rings. The van der Waals surface area contributed by atoms with E-state index in [4.69, 9.17) is 4.42 Å². The quantitative estimate of drug-likeness (QED) is 0.561. The van der Waals surface area contributed by atoms with Crippen molar-refractivity contribution in [3.8, 4) is 0 Å². The zero-order chi connectivity index (χ0) is 18.0. The minimum Gasteiger partial charge on any atom is -0.407 e. The van der Waals surface area contributed by atoms with Crippen molar-refractivity contribution in [1.29, 1.82) is 0 Å². The Balaban J connectivity index is 1.74. The SMILES string of the molecule is Cc1cccc(NC(=O)CCn2c(=O)oc3cc([N+](=O)[O-])ccc32)n1. The Morgan fingerprint density at radius 2 is 2.16 bits per heavy atom. The topological polar surface area (TPSA) is 120 Å². The molecule has 0 bridgehead atoms. The second-order valence-electron chi connectivity index (χ2n) is 5.39. The highest BCUT2D eigenvalue weighted by Crippen LogP contribution is 2.20. The van der Waals surface area contributed by atoms with Crippen LogP contribution in [0.1, 0.15) is 12.1 Å². The summed E-state index contributed by atoms with van der Waals surface area (Å²) in [5, 5.41) is 13.4. The van der Waals surface area contributed by atoms with Crippen molar-refractivity contribution >= 4 is 28.5 Å². The van der Waals surface area contributed by atoms with Gasteiger partial charge in [0.25, 0.3) is 5.69 Å². The molecule has 0 unspecified atom stereocenters. The van der Waals surface area contributed by atoms with E-state index in [0.29, 0.717) is 11.3 Å². The highest BCUT2D eigenvalue weighted by Gasteiger charge is 2.15. The first-order valence-corrected chi connectivity index (χ1v) is 7.45. The third-order valence-corrected chi connectivity index (χ3v) is 3.58. The summed E-state index contributed by atoms with van der Waals surface area (Å²) in [4.78, 5) is 38.3. The number of non-ortho nitro benzene ring substituents is 1. The smallest absolute Gasteiger partial charge is 0.407 e. The Kier molecular flexibility index (Phi) is 4.29. The van der Waals surface area contributed by atoms with E-state index in [-0.39, 0.29) is 30.1 Å². The summed E-state index contributed by atoms with van der Waals surface area (Å²) in [5.74, 6) is -0.539. The molecule has 0 aliphatic carbocycles. The van der Waals surface area contributed by atoms with Gasteiger partial charge in [0.15, 0.2) is 5.58 Å². The van der Waals surface area contributed by atoms with Crippen molar-refractivity contribution in [3.63, 3.8) is 0 Å². The number of anilines is 1. The zero-order valence-electron chi connectivity index (χ0n) is 13.3. The summed E-state index contributed by atoms with van der Waals surface area (Å²) < 4.78 is 6.28. The third-order valence-electron chi connectivity index (χ3n) is 3.58. The fraction of sp³-hybridized carbons (Fsp3) is 0.188. The van der Waals surface area contributed by atoms with Crippen LogP contribution in [-0.4, -0.2) is 20.4 Å². The average Bonchev–Trinajstić information content (AvgIpc) is 2.87. The number of carbonyl (C=O) groups is 1. The average molecular weight is 342 g/mol. The maximum Gasteiger partial charge on any atom is 0.419 e. The largest absolute Gasteiger partial charge is 0.419 e. The molecule has 9 heteroatoms. The number of nitrogens with zero attached hydrogens (tertiary/aromatic N) is 3. The van der Waals surface area contributed by atoms with Crippen molar-refractivity contribution in [2.75, 3.05) is 5.32 Å². The lowest BCUT2D eigenvalue weighted by atomic mass is 10.3. The molecule has 0 aliphatic heterocycles. The van der Waals surface area contributed by atoms with Crippen LogP contribution in [0.5, 0.6) is 0 Å². The Hall–Kier alpha value is -3.49. The van der Waals surface area contributed by atoms with Crippen molar-refractivity contribution in [3.05, 3.63) is 62.8 Å². The maximum absolute atomic E-state index is 12.0. The molecule has 25 heavy (non-hydrogen) atoms. The lowest BCUT2D eigenvalue weighted by molar-refractivity contribution is -0.384. The monoisotopic (exact) mass is 342 g/mol. The van der Waals surface area contributed by atoms with E-state index in [1.807, 2.05) is 13.0 Å². The van der Waals surface area contributed by atoms with Crippen molar-refractivity contribution < 1.29 is 14.1 Å². The van der Waals surface area contributed by atoms with Gasteiger partial charge in [0.2, 0.25) is 5.91 Å². The van der Waals surface area contributed by atoms with Crippen LogP contribution in [0.3, 0.4) is 0 Å². The van der Waals surface area contributed by atoms with E-state index in [2.05, 4.69) is 10.3 Å². The molecule has 9 nitrogen and oxygen atoms in total. The summed E-state index contributed by atoms with van der Waals surface area (Å²) in [6, 6.07) is 9.15. The molecule has 2 heterocycles. The van der Waals surface area contributed by atoms with Crippen LogP contribution in [0.25, 0.3) is 11.1 Å². The molecule has 1 amide bonds. The summed E-state index contributed by atoms with van der Waals surface area (Å²) >= 11 is 0. The summed E-state index contributed by atoms with van der Waals surface area (Å²) in [5.41, 5.74) is 1.12. The van der Waals surface area contributed by atoms with Crippen molar-refractivity contribution in [1.82, 2.24) is 9.55 Å². The van der Waals surface area contributed by atoms with Crippen molar-refractivity contribution in [2.24, 2.45) is 0 Å². The number of carbonyl (C=O) groups excluding carboxylic acids is 1. The highest BCUT2D eigenvalue weighted by molar-refractivity contribution is 5.89. The molecular formula is C16H14N4O5. The Labute approximate surface area is 141 Å². The first-order valence-electron chi connectivity index (χ1n) is 7.45. The standard InChI is InChI=1S/C16H14N4O5/c1-10-3-2-4-14(17-10)18-15(21)7-8-19-12-6-5-11(20(23)24)9-13(12)25-16(19)22/h2-6,9H,7-8H2,1H3,(H,17,18,21). The van der Waals surface area contributed by atoms with Crippen molar-refractivity contribution in [2.45, 2.75) is 19.9 Å². The van der Waals surface area contributed by atoms with E-state index in [9.17, 15) is 19.7 Å². The molecule has 0 radical (unpaired) electrons. The number of hydrogen-bond acceptors (Lipinski definition) is 6. The number of nitrogens with one attached hydrogen (secondary N) is 1. The fourth-order valence-electron chi connectivity index (χ4n) is 2.41. The summed E-state index contributed by atoms with van der Waals surface area (Å²) in [7, 11) is 0. The number of amides is 1. The molecule has 2 aromatic heterocycles. The van der Waals surface area contributed by atoms with Gasteiger partial charge >= 0.3 is 5.76 Å². The highest BCUT2D eigenvalue weighted by atomic mass is 16.6. The van der Waals surface area contributed by atoms with Crippen LogP contribution >= 0.6 is 0 Å². The second-order valence-corrected chi connectivity index (χ2v) is 5.39. The first kappa shape index (κ1) is 16.4. The number of rotatable bonds is 5. The lowest BCUT2D eigenvalue weighted by Gasteiger charge is -2.05. The van der Waals surface area contributed by atoms with Gasteiger partial charge in [0.05, 0.1) is 16.5 Å². The van der Waals surface area contributed by atoms with Crippen LogP contribution < -0.4 is 11.1 Å². The Morgan fingerprint density at radius 3 is 2.88 bits per heavy atom. The van der Waals surface area contributed by atoms with Gasteiger partial charge in [-0.3, -0.25) is 19.5 Å².